The van der Waals surface area contributed by atoms with E-state index >= 15 is 0 Å². The number of carboxylic acids is 1. The zero-order chi connectivity index (χ0) is 21.6. The second kappa shape index (κ2) is 9.29. The number of aromatic nitrogens is 7. The van der Waals surface area contributed by atoms with E-state index in [0.29, 0.717) is 31.0 Å². The largest absolute Gasteiger partial charge is 0.481 e. The standard InChI is InChI=1S/C22H23N7O2/c1-2-20-23-19(8-5-9-21(30)31)26-29(20)14-15-10-12-16(13-11-15)17-6-3-4-7-18(17)22-24-27-28-25-22/h3-4,6-7,10-13H,2,5,8-9,14H2,1H3,(H,30,31)(H,24,25,27,28). The molecule has 0 saturated carbocycles. The van der Waals surface area contributed by atoms with E-state index in [4.69, 9.17) is 5.11 Å². The van der Waals surface area contributed by atoms with E-state index in [1.165, 1.54) is 0 Å². The van der Waals surface area contributed by atoms with Crippen molar-refractivity contribution in [2.75, 3.05) is 0 Å². The Balaban J connectivity index is 1.51. The first-order chi connectivity index (χ1) is 15.1. The maximum absolute atomic E-state index is 10.7. The lowest BCUT2D eigenvalue weighted by Gasteiger charge is -2.09. The van der Waals surface area contributed by atoms with Crippen molar-refractivity contribution in [3.63, 3.8) is 0 Å². The summed E-state index contributed by atoms with van der Waals surface area (Å²) in [5.41, 5.74) is 4.16. The highest BCUT2D eigenvalue weighted by atomic mass is 16.4. The van der Waals surface area contributed by atoms with Gasteiger partial charge in [0, 0.05) is 24.8 Å². The number of aromatic amines is 1. The van der Waals surface area contributed by atoms with Crippen LogP contribution in [0.2, 0.25) is 0 Å². The quantitative estimate of drug-likeness (QED) is 0.429. The second-order valence-corrected chi connectivity index (χ2v) is 7.20. The Morgan fingerprint density at radius 2 is 1.87 bits per heavy atom. The number of benzene rings is 2. The summed E-state index contributed by atoms with van der Waals surface area (Å²) in [5.74, 6) is 1.43. The molecule has 0 aliphatic carbocycles. The molecule has 2 heterocycles. The molecule has 0 saturated heterocycles. The first kappa shape index (κ1) is 20.4. The molecule has 0 fully saturated rings. The van der Waals surface area contributed by atoms with Crippen LogP contribution in [0.15, 0.2) is 48.5 Å². The van der Waals surface area contributed by atoms with Crippen LogP contribution in [0.25, 0.3) is 22.5 Å². The summed E-state index contributed by atoms with van der Waals surface area (Å²) in [7, 11) is 0. The summed E-state index contributed by atoms with van der Waals surface area (Å²) < 4.78 is 1.90. The Kier molecular flexibility index (Phi) is 6.11. The maximum atomic E-state index is 10.7. The van der Waals surface area contributed by atoms with Crippen molar-refractivity contribution >= 4 is 5.97 Å². The van der Waals surface area contributed by atoms with Crippen molar-refractivity contribution in [3.8, 4) is 22.5 Å². The Morgan fingerprint density at radius 3 is 2.55 bits per heavy atom. The molecule has 4 aromatic rings. The molecule has 158 valence electrons. The summed E-state index contributed by atoms with van der Waals surface area (Å²) in [6.07, 6.45) is 2.00. The summed E-state index contributed by atoms with van der Waals surface area (Å²) in [4.78, 5) is 15.3. The second-order valence-electron chi connectivity index (χ2n) is 7.20. The van der Waals surface area contributed by atoms with Crippen molar-refractivity contribution in [2.45, 2.75) is 39.2 Å². The zero-order valence-corrected chi connectivity index (χ0v) is 17.2. The molecule has 31 heavy (non-hydrogen) atoms. The highest BCUT2D eigenvalue weighted by Crippen LogP contribution is 2.29. The number of nitrogens with zero attached hydrogens (tertiary/aromatic N) is 6. The van der Waals surface area contributed by atoms with E-state index in [0.717, 1.165) is 34.5 Å². The third-order valence-electron chi connectivity index (χ3n) is 5.02. The maximum Gasteiger partial charge on any atom is 0.303 e. The molecule has 9 heteroatoms. The van der Waals surface area contributed by atoms with Gasteiger partial charge in [0.1, 0.15) is 5.82 Å². The zero-order valence-electron chi connectivity index (χ0n) is 17.2. The molecule has 0 aliphatic rings. The van der Waals surface area contributed by atoms with Crippen LogP contribution >= 0.6 is 0 Å². The Labute approximate surface area is 179 Å². The molecule has 2 N–H and O–H groups in total. The lowest BCUT2D eigenvalue weighted by Crippen LogP contribution is -2.06. The summed E-state index contributed by atoms with van der Waals surface area (Å²) in [5, 5.41) is 27.6. The fraction of sp³-hybridized carbons (Fsp3) is 0.273. The van der Waals surface area contributed by atoms with Crippen molar-refractivity contribution in [2.24, 2.45) is 0 Å². The number of aryl methyl sites for hydroxylation is 2. The lowest BCUT2D eigenvalue weighted by molar-refractivity contribution is -0.137. The van der Waals surface area contributed by atoms with Gasteiger partial charge >= 0.3 is 5.97 Å². The van der Waals surface area contributed by atoms with Gasteiger partial charge in [-0.15, -0.1) is 5.10 Å². The smallest absolute Gasteiger partial charge is 0.303 e. The Hall–Kier alpha value is -3.88. The van der Waals surface area contributed by atoms with Gasteiger partial charge in [-0.25, -0.2) is 14.8 Å². The fourth-order valence-electron chi connectivity index (χ4n) is 3.50. The van der Waals surface area contributed by atoms with E-state index in [-0.39, 0.29) is 6.42 Å². The van der Waals surface area contributed by atoms with E-state index in [1.807, 2.05) is 35.9 Å². The van der Waals surface area contributed by atoms with Crippen molar-refractivity contribution in [1.82, 2.24) is 35.4 Å². The van der Waals surface area contributed by atoms with E-state index < -0.39 is 5.97 Å². The fourth-order valence-corrected chi connectivity index (χ4v) is 3.50. The van der Waals surface area contributed by atoms with Gasteiger partial charge in [0.05, 0.1) is 6.54 Å². The van der Waals surface area contributed by atoms with Crippen LogP contribution in [0, 0.1) is 0 Å². The SMILES string of the molecule is CCc1nc(CCCC(=O)O)nn1Cc1ccc(-c2ccccc2-c2nnn[nH]2)cc1. The minimum Gasteiger partial charge on any atom is -0.481 e. The van der Waals surface area contributed by atoms with Crippen LogP contribution < -0.4 is 0 Å². The van der Waals surface area contributed by atoms with E-state index in [2.05, 4.69) is 55.0 Å². The first-order valence-corrected chi connectivity index (χ1v) is 10.2. The molecule has 4 rings (SSSR count). The van der Waals surface area contributed by atoms with Gasteiger partial charge in [0.2, 0.25) is 0 Å². The van der Waals surface area contributed by atoms with E-state index in [1.54, 1.807) is 0 Å². The molecule has 0 bridgehead atoms. The third kappa shape index (κ3) is 4.82. The van der Waals surface area contributed by atoms with Crippen LogP contribution in [0.3, 0.4) is 0 Å². The molecule has 2 aromatic heterocycles. The van der Waals surface area contributed by atoms with Crippen LogP contribution in [-0.4, -0.2) is 46.5 Å². The number of carboxylic acid groups (broad SMARTS) is 1. The Morgan fingerprint density at radius 1 is 1.10 bits per heavy atom. The van der Waals surface area contributed by atoms with Crippen LogP contribution in [0.5, 0.6) is 0 Å². The average molecular weight is 417 g/mol. The third-order valence-corrected chi connectivity index (χ3v) is 5.02. The van der Waals surface area contributed by atoms with Crippen molar-refractivity contribution < 1.29 is 9.90 Å². The van der Waals surface area contributed by atoms with Gasteiger partial charge in [-0.3, -0.25) is 4.79 Å². The number of rotatable bonds is 9. The molecule has 0 amide bonds. The molecule has 0 atom stereocenters. The molecule has 0 spiro atoms. The van der Waals surface area contributed by atoms with Crippen molar-refractivity contribution in [1.29, 1.82) is 0 Å². The van der Waals surface area contributed by atoms with Gasteiger partial charge in [0.25, 0.3) is 0 Å². The van der Waals surface area contributed by atoms with Gasteiger partial charge in [-0.05, 0) is 33.5 Å². The molecule has 0 radical (unpaired) electrons. The lowest BCUT2D eigenvalue weighted by atomic mass is 9.98. The van der Waals surface area contributed by atoms with Gasteiger partial charge < -0.3 is 5.11 Å². The highest BCUT2D eigenvalue weighted by molar-refractivity contribution is 5.80. The number of hydrogen-bond donors (Lipinski definition) is 2. The van der Waals surface area contributed by atoms with Gasteiger partial charge in [0.15, 0.2) is 11.6 Å². The normalized spacial score (nSPS) is 11.0. The first-order valence-electron chi connectivity index (χ1n) is 10.2. The number of nitrogens with one attached hydrogen (secondary N) is 1. The number of aliphatic carboxylic acids is 1. The molecule has 9 nitrogen and oxygen atoms in total. The highest BCUT2D eigenvalue weighted by Gasteiger charge is 2.12. The molecule has 0 unspecified atom stereocenters. The Bertz CT molecular complexity index is 1150. The summed E-state index contributed by atoms with van der Waals surface area (Å²) in [6.45, 7) is 2.66. The summed E-state index contributed by atoms with van der Waals surface area (Å²) in [6, 6.07) is 16.3. The number of H-pyrrole nitrogens is 1. The molecule has 0 aliphatic heterocycles. The number of tetrazole rings is 1. The molecule has 2 aromatic carbocycles. The van der Waals surface area contributed by atoms with Crippen LogP contribution in [0.1, 0.15) is 37.0 Å². The minimum absolute atomic E-state index is 0.128. The number of carbonyl (C=O) groups is 1. The predicted octanol–water partition coefficient (Wildman–Crippen LogP) is 3.14. The van der Waals surface area contributed by atoms with Gasteiger partial charge in [-0.2, -0.15) is 5.10 Å². The topological polar surface area (TPSA) is 122 Å². The number of hydrogen-bond acceptors (Lipinski definition) is 6. The predicted molar refractivity (Wildman–Crippen MR) is 114 cm³/mol. The van der Waals surface area contributed by atoms with E-state index in [9.17, 15) is 4.79 Å². The van der Waals surface area contributed by atoms with Gasteiger partial charge in [-0.1, -0.05) is 55.5 Å². The molecular formula is C22H23N7O2. The average Bonchev–Trinajstić information content (AvgIpc) is 3.44. The minimum atomic E-state index is -0.795. The summed E-state index contributed by atoms with van der Waals surface area (Å²) >= 11 is 0. The molecular weight excluding hydrogens is 394 g/mol. The van der Waals surface area contributed by atoms with Crippen LogP contribution in [0.4, 0.5) is 0 Å². The van der Waals surface area contributed by atoms with Crippen molar-refractivity contribution in [3.05, 3.63) is 65.7 Å². The monoisotopic (exact) mass is 417 g/mol. The van der Waals surface area contributed by atoms with Crippen LogP contribution in [-0.2, 0) is 24.2 Å².